The van der Waals surface area contributed by atoms with E-state index in [0.717, 1.165) is 6.42 Å². The Hall–Kier alpha value is -0.920. The fraction of sp³-hybridized carbons (Fsp3) is 0.700. The Labute approximate surface area is 99.6 Å². The number of fused-ring (bicyclic) bond motifs is 2. The summed E-state index contributed by atoms with van der Waals surface area (Å²) in [6, 6.07) is -0.0290. The van der Waals surface area contributed by atoms with Gasteiger partial charge in [-0.2, -0.15) is 4.31 Å². The van der Waals surface area contributed by atoms with E-state index in [4.69, 9.17) is 9.26 Å². The Morgan fingerprint density at radius 2 is 2.18 bits per heavy atom. The van der Waals surface area contributed by atoms with Gasteiger partial charge >= 0.3 is 0 Å². The second-order valence-corrected chi connectivity index (χ2v) is 6.40. The Kier molecular flexibility index (Phi) is 2.33. The third-order valence-electron chi connectivity index (χ3n) is 3.38. The Morgan fingerprint density at radius 3 is 2.65 bits per heavy atom. The van der Waals surface area contributed by atoms with Crippen LogP contribution in [0.4, 0.5) is 0 Å². The van der Waals surface area contributed by atoms with Crippen LogP contribution >= 0.6 is 0 Å². The molecule has 0 radical (unpaired) electrons. The summed E-state index contributed by atoms with van der Waals surface area (Å²) in [4.78, 5) is 0.213. The van der Waals surface area contributed by atoms with Crippen molar-refractivity contribution in [1.82, 2.24) is 9.46 Å². The van der Waals surface area contributed by atoms with Crippen LogP contribution < -0.4 is 0 Å². The Bertz CT molecular complexity index is 531. The van der Waals surface area contributed by atoms with Crippen LogP contribution in [0.25, 0.3) is 0 Å². The fourth-order valence-electron chi connectivity index (χ4n) is 2.62. The van der Waals surface area contributed by atoms with E-state index in [1.54, 1.807) is 13.8 Å². The second-order valence-electron chi connectivity index (χ2n) is 4.57. The van der Waals surface area contributed by atoms with Crippen molar-refractivity contribution in [1.29, 1.82) is 0 Å². The monoisotopic (exact) mass is 258 g/mol. The van der Waals surface area contributed by atoms with Gasteiger partial charge in [-0.3, -0.25) is 0 Å². The van der Waals surface area contributed by atoms with Gasteiger partial charge in [0, 0.05) is 6.54 Å². The van der Waals surface area contributed by atoms with Crippen molar-refractivity contribution in [2.75, 3.05) is 13.2 Å². The maximum atomic E-state index is 12.5. The topological polar surface area (TPSA) is 72.6 Å². The molecule has 3 heterocycles. The largest absolute Gasteiger partial charge is 0.375 e. The molecule has 2 fully saturated rings. The van der Waals surface area contributed by atoms with Crippen molar-refractivity contribution in [3.05, 3.63) is 11.5 Å². The highest BCUT2D eigenvalue weighted by atomic mass is 32.2. The molecule has 2 saturated heterocycles. The molecule has 0 N–H and O–H groups in total. The molecule has 6 nitrogen and oxygen atoms in total. The van der Waals surface area contributed by atoms with Crippen LogP contribution in [0.3, 0.4) is 0 Å². The number of morpholine rings is 1. The minimum atomic E-state index is -3.49. The lowest BCUT2D eigenvalue weighted by Crippen LogP contribution is -2.41. The molecular formula is C10H14N2O4S. The molecule has 0 amide bonds. The number of rotatable bonds is 2. The first-order valence-electron chi connectivity index (χ1n) is 5.56. The zero-order chi connectivity index (χ0) is 12.2. The third-order valence-corrected chi connectivity index (χ3v) is 5.55. The van der Waals surface area contributed by atoms with Gasteiger partial charge in [0.1, 0.15) is 10.6 Å². The van der Waals surface area contributed by atoms with Crippen molar-refractivity contribution in [2.45, 2.75) is 37.3 Å². The Morgan fingerprint density at radius 1 is 1.41 bits per heavy atom. The molecule has 0 saturated carbocycles. The molecule has 2 aliphatic rings. The zero-order valence-electron chi connectivity index (χ0n) is 9.71. The van der Waals surface area contributed by atoms with Crippen LogP contribution in [0.1, 0.15) is 17.9 Å². The quantitative estimate of drug-likeness (QED) is 0.770. The fourth-order valence-corrected chi connectivity index (χ4v) is 4.57. The number of hydrogen-bond donors (Lipinski definition) is 0. The van der Waals surface area contributed by atoms with Gasteiger partial charge in [0.15, 0.2) is 5.76 Å². The van der Waals surface area contributed by atoms with E-state index in [2.05, 4.69) is 5.16 Å². The van der Waals surface area contributed by atoms with Crippen molar-refractivity contribution >= 4 is 10.0 Å². The predicted molar refractivity (Wildman–Crippen MR) is 58.0 cm³/mol. The van der Waals surface area contributed by atoms with Crippen LogP contribution in [0, 0.1) is 13.8 Å². The normalized spacial score (nSPS) is 29.1. The van der Waals surface area contributed by atoms with Gasteiger partial charge in [-0.05, 0) is 20.3 Å². The molecule has 3 rings (SSSR count). The van der Waals surface area contributed by atoms with Crippen LogP contribution in [0.2, 0.25) is 0 Å². The van der Waals surface area contributed by atoms with E-state index in [0.29, 0.717) is 24.6 Å². The summed E-state index contributed by atoms with van der Waals surface area (Å²) >= 11 is 0. The molecule has 0 aromatic carbocycles. The number of ether oxygens (including phenoxy) is 1. The number of sulfonamides is 1. The Balaban J connectivity index is 2.02. The maximum absolute atomic E-state index is 12.5. The van der Waals surface area contributed by atoms with Crippen LogP contribution in [-0.4, -0.2) is 43.2 Å². The van der Waals surface area contributed by atoms with Gasteiger partial charge in [0.05, 0.1) is 18.8 Å². The highest BCUT2D eigenvalue weighted by Gasteiger charge is 2.46. The molecule has 1 aromatic rings. The maximum Gasteiger partial charge on any atom is 0.248 e. The summed E-state index contributed by atoms with van der Waals surface area (Å²) in [6.07, 6.45) is 0.845. The van der Waals surface area contributed by atoms with Gasteiger partial charge in [0.2, 0.25) is 10.0 Å². The summed E-state index contributed by atoms with van der Waals surface area (Å²) in [5.74, 6) is 0.353. The lowest BCUT2D eigenvalue weighted by molar-refractivity contribution is 0.0608. The van der Waals surface area contributed by atoms with E-state index >= 15 is 0 Å². The van der Waals surface area contributed by atoms with E-state index in [-0.39, 0.29) is 17.0 Å². The lowest BCUT2D eigenvalue weighted by Gasteiger charge is -2.25. The second kappa shape index (κ2) is 3.54. The minimum absolute atomic E-state index is 0.0290. The number of aromatic nitrogens is 1. The van der Waals surface area contributed by atoms with E-state index < -0.39 is 10.0 Å². The lowest BCUT2D eigenvalue weighted by atomic mass is 10.3. The highest BCUT2D eigenvalue weighted by Crippen LogP contribution is 2.34. The minimum Gasteiger partial charge on any atom is -0.375 e. The van der Waals surface area contributed by atoms with Crippen molar-refractivity contribution in [2.24, 2.45) is 0 Å². The first-order valence-corrected chi connectivity index (χ1v) is 7.00. The summed E-state index contributed by atoms with van der Waals surface area (Å²) in [5.41, 5.74) is 0.422. The molecule has 17 heavy (non-hydrogen) atoms. The molecule has 1 aromatic heterocycles. The van der Waals surface area contributed by atoms with E-state index in [1.165, 1.54) is 4.31 Å². The molecule has 2 unspecified atom stereocenters. The molecule has 0 aliphatic carbocycles. The van der Waals surface area contributed by atoms with Crippen molar-refractivity contribution in [3.63, 3.8) is 0 Å². The van der Waals surface area contributed by atoms with E-state index in [1.807, 2.05) is 0 Å². The average molecular weight is 258 g/mol. The molecule has 94 valence electrons. The summed E-state index contributed by atoms with van der Waals surface area (Å²) in [7, 11) is -3.49. The van der Waals surface area contributed by atoms with Crippen LogP contribution in [-0.2, 0) is 14.8 Å². The van der Waals surface area contributed by atoms with Gasteiger partial charge in [-0.1, -0.05) is 5.16 Å². The summed E-state index contributed by atoms with van der Waals surface area (Å²) < 4.78 is 36.9. The molecule has 2 aliphatic heterocycles. The molecule has 0 spiro atoms. The third kappa shape index (κ3) is 1.53. The van der Waals surface area contributed by atoms with Gasteiger partial charge in [-0.15, -0.1) is 0 Å². The summed E-state index contributed by atoms with van der Waals surface area (Å²) in [5, 5.41) is 3.70. The van der Waals surface area contributed by atoms with Gasteiger partial charge in [0.25, 0.3) is 0 Å². The standard InChI is InChI=1S/C10H14N2O4S/c1-6-10(7(2)16-11-6)17(13,14)12-4-9-3-8(12)5-15-9/h8-9H,3-5H2,1-2H3. The number of hydrogen-bond acceptors (Lipinski definition) is 5. The molecule has 2 atom stereocenters. The molecule has 2 bridgehead atoms. The van der Waals surface area contributed by atoms with Crippen molar-refractivity contribution < 1.29 is 17.7 Å². The first-order chi connectivity index (χ1) is 8.00. The van der Waals surface area contributed by atoms with Crippen LogP contribution in [0.15, 0.2) is 9.42 Å². The molecular weight excluding hydrogens is 244 g/mol. The number of nitrogens with zero attached hydrogens (tertiary/aromatic N) is 2. The molecule has 7 heteroatoms. The predicted octanol–water partition coefficient (Wildman–Crippen LogP) is 0.453. The van der Waals surface area contributed by atoms with Crippen molar-refractivity contribution in [3.8, 4) is 0 Å². The van der Waals surface area contributed by atoms with Crippen LogP contribution in [0.5, 0.6) is 0 Å². The summed E-state index contributed by atoms with van der Waals surface area (Å²) in [6.45, 7) is 4.20. The smallest absolute Gasteiger partial charge is 0.248 e. The number of aryl methyl sites for hydroxylation is 2. The van der Waals surface area contributed by atoms with E-state index in [9.17, 15) is 8.42 Å². The average Bonchev–Trinajstić information content (AvgIpc) is 2.93. The first kappa shape index (κ1) is 11.2. The SMILES string of the molecule is Cc1noc(C)c1S(=O)(=O)N1CC2CC1CO2. The van der Waals surface area contributed by atoms with Gasteiger partial charge in [-0.25, -0.2) is 8.42 Å². The van der Waals surface area contributed by atoms with Gasteiger partial charge < -0.3 is 9.26 Å². The highest BCUT2D eigenvalue weighted by molar-refractivity contribution is 7.89. The zero-order valence-corrected chi connectivity index (χ0v) is 10.5.